The minimum Gasteiger partial charge on any atom is -0.494 e. The second kappa shape index (κ2) is 13.6. The van der Waals surface area contributed by atoms with E-state index in [1.807, 2.05) is 68.4 Å². The van der Waals surface area contributed by atoms with Crippen molar-refractivity contribution < 1.29 is 24.2 Å². The molecule has 234 valence electrons. The highest BCUT2D eigenvalue weighted by molar-refractivity contribution is 8.02. The normalized spacial score (nSPS) is 25.8. The molecule has 6 atom stereocenters. The zero-order valence-corrected chi connectivity index (χ0v) is 26.5. The molecule has 44 heavy (non-hydrogen) atoms. The van der Waals surface area contributed by atoms with Crippen LogP contribution in [0, 0.1) is 11.8 Å². The van der Waals surface area contributed by atoms with Crippen molar-refractivity contribution in [2.24, 2.45) is 11.8 Å². The van der Waals surface area contributed by atoms with E-state index in [-0.39, 0.29) is 29.6 Å². The number of aliphatic hydroxyl groups excluding tert-OH is 1. The van der Waals surface area contributed by atoms with Gasteiger partial charge in [0.15, 0.2) is 0 Å². The quantitative estimate of drug-likeness (QED) is 0.310. The highest BCUT2D eigenvalue weighted by Crippen LogP contribution is 2.67. The van der Waals surface area contributed by atoms with E-state index in [1.54, 1.807) is 38.6 Å². The van der Waals surface area contributed by atoms with Gasteiger partial charge in [0, 0.05) is 30.6 Å². The summed E-state index contributed by atoms with van der Waals surface area (Å²) >= 11 is 1.64. The predicted molar refractivity (Wildman–Crippen MR) is 174 cm³/mol. The Labute approximate surface area is 264 Å². The molecule has 1 spiro atoms. The van der Waals surface area contributed by atoms with Crippen molar-refractivity contribution in [3.8, 4) is 5.75 Å². The Kier molecular flexibility index (Phi) is 9.85. The molecule has 3 aliphatic heterocycles. The van der Waals surface area contributed by atoms with Gasteiger partial charge in [0.2, 0.25) is 17.7 Å². The maximum Gasteiger partial charge on any atom is 0.247 e. The number of nitrogens with zero attached hydrogens (tertiary/aromatic N) is 3. The fourth-order valence-corrected chi connectivity index (χ4v) is 9.54. The number of anilines is 1. The summed E-state index contributed by atoms with van der Waals surface area (Å²) < 4.78 is 4.84. The molecule has 9 heteroatoms. The zero-order chi connectivity index (χ0) is 31.4. The fraction of sp³-hybridized carbons (Fsp3) is 0.457. The number of ether oxygens (including phenoxy) is 1. The van der Waals surface area contributed by atoms with Crippen LogP contribution in [-0.2, 0) is 20.9 Å². The molecule has 0 aromatic heterocycles. The number of thioether (sulfide) groups is 1. The number of benzene rings is 2. The van der Waals surface area contributed by atoms with Gasteiger partial charge in [-0.1, -0.05) is 49.4 Å². The van der Waals surface area contributed by atoms with Crippen LogP contribution < -0.4 is 9.64 Å². The number of hydrogen-bond acceptors (Lipinski definition) is 6. The van der Waals surface area contributed by atoms with Crippen LogP contribution in [0.15, 0.2) is 79.9 Å². The average molecular weight is 618 g/mol. The molecule has 2 aromatic carbocycles. The summed E-state index contributed by atoms with van der Waals surface area (Å²) in [6.45, 7) is 12.9. The van der Waals surface area contributed by atoms with E-state index in [9.17, 15) is 19.5 Å². The summed E-state index contributed by atoms with van der Waals surface area (Å²) in [4.78, 5) is 48.8. The highest BCUT2D eigenvalue weighted by atomic mass is 32.2. The maximum atomic E-state index is 14.6. The third-order valence-corrected chi connectivity index (χ3v) is 11.2. The van der Waals surface area contributed by atoms with Gasteiger partial charge in [-0.2, -0.15) is 0 Å². The van der Waals surface area contributed by atoms with Crippen LogP contribution in [0.4, 0.5) is 5.69 Å². The summed E-state index contributed by atoms with van der Waals surface area (Å²) in [5.74, 6) is -1.04. The Balaban J connectivity index is 1.53. The van der Waals surface area contributed by atoms with E-state index < -0.39 is 28.7 Å². The minimum absolute atomic E-state index is 0.0832. The lowest BCUT2D eigenvalue weighted by Crippen LogP contribution is -2.57. The standard InChI is InChI=1S/C35H43N3O5S/c1-5-20-36(22-24-12-10-9-11-13-24)34(42)31-35-19-18-28(44-35)29(30(35)33(41)38(31)25(7-3)23-39)32(40)37(21-6-2)26-14-16-27(17-15-26)43-8-4/h5-6,9-17,25,28-31,39H,1-2,7-8,18-23H2,3-4H3/t25-,28+,29-,30-,31?,35?/m0/s1. The molecule has 3 amide bonds. The first kappa shape index (κ1) is 31.9. The van der Waals surface area contributed by atoms with Crippen LogP contribution in [0.2, 0.25) is 0 Å². The summed E-state index contributed by atoms with van der Waals surface area (Å²) in [6.07, 6.45) is 5.29. The van der Waals surface area contributed by atoms with E-state index in [0.717, 1.165) is 12.0 Å². The van der Waals surface area contributed by atoms with Crippen LogP contribution in [-0.4, -0.2) is 81.0 Å². The second-order valence-corrected chi connectivity index (χ2v) is 13.3. The molecule has 0 radical (unpaired) electrons. The van der Waals surface area contributed by atoms with Gasteiger partial charge >= 0.3 is 0 Å². The first-order valence-electron chi connectivity index (χ1n) is 15.5. The molecule has 0 aliphatic carbocycles. The van der Waals surface area contributed by atoms with Crippen molar-refractivity contribution in [1.29, 1.82) is 0 Å². The zero-order valence-electron chi connectivity index (χ0n) is 25.6. The fourth-order valence-electron chi connectivity index (χ4n) is 7.34. The van der Waals surface area contributed by atoms with Crippen LogP contribution in [0.3, 0.4) is 0 Å². The Morgan fingerprint density at radius 3 is 2.41 bits per heavy atom. The number of carbonyl (C=O) groups excluding carboxylic acids is 3. The third kappa shape index (κ3) is 5.56. The summed E-state index contributed by atoms with van der Waals surface area (Å²) in [5.41, 5.74) is 1.69. The Bertz CT molecular complexity index is 1360. The van der Waals surface area contributed by atoms with E-state index >= 15 is 0 Å². The SMILES string of the molecule is C=CCN(Cc1ccccc1)C(=O)C1N([C@@H](CC)CO)C(=O)[C@@H]2[C@@H](C(=O)N(CC=C)c3ccc(OCC)cc3)[C@H]3CCC12S3. The number of fused-ring (bicyclic) bond motifs is 1. The van der Waals surface area contributed by atoms with Gasteiger partial charge in [0.05, 0.1) is 35.8 Å². The summed E-state index contributed by atoms with van der Waals surface area (Å²) in [5, 5.41) is 10.3. The maximum absolute atomic E-state index is 14.6. The van der Waals surface area contributed by atoms with Crippen molar-refractivity contribution in [1.82, 2.24) is 9.80 Å². The molecular formula is C35H43N3O5S. The molecule has 3 fully saturated rings. The second-order valence-electron chi connectivity index (χ2n) is 11.7. The van der Waals surface area contributed by atoms with Crippen LogP contribution in [0.5, 0.6) is 5.75 Å². The highest BCUT2D eigenvalue weighted by Gasteiger charge is 2.74. The molecule has 0 saturated carbocycles. The molecule has 3 aliphatic rings. The average Bonchev–Trinajstić information content (AvgIpc) is 3.68. The molecule has 3 saturated heterocycles. The molecule has 2 aromatic rings. The molecule has 2 unspecified atom stereocenters. The van der Waals surface area contributed by atoms with E-state index in [0.29, 0.717) is 50.5 Å². The number of likely N-dealkylation sites (tertiary alicyclic amines) is 1. The van der Waals surface area contributed by atoms with Crippen molar-refractivity contribution in [2.45, 2.75) is 61.7 Å². The lowest BCUT2D eigenvalue weighted by atomic mass is 9.70. The molecular weight excluding hydrogens is 574 g/mol. The summed E-state index contributed by atoms with van der Waals surface area (Å²) in [6, 6.07) is 15.8. The molecule has 3 heterocycles. The predicted octanol–water partition coefficient (Wildman–Crippen LogP) is 4.68. The topological polar surface area (TPSA) is 90.4 Å². The van der Waals surface area contributed by atoms with Gasteiger partial charge in [-0.05, 0) is 56.0 Å². The molecule has 8 nitrogen and oxygen atoms in total. The number of carbonyl (C=O) groups is 3. The van der Waals surface area contributed by atoms with Crippen molar-refractivity contribution >= 4 is 35.2 Å². The van der Waals surface area contributed by atoms with Crippen molar-refractivity contribution in [3.63, 3.8) is 0 Å². The Morgan fingerprint density at radius 2 is 1.80 bits per heavy atom. The van der Waals surface area contributed by atoms with Gasteiger partial charge in [-0.3, -0.25) is 14.4 Å². The lowest BCUT2D eigenvalue weighted by Gasteiger charge is -2.39. The molecule has 5 rings (SSSR count). The Morgan fingerprint density at radius 1 is 1.09 bits per heavy atom. The smallest absolute Gasteiger partial charge is 0.247 e. The Hall–Kier alpha value is -3.56. The van der Waals surface area contributed by atoms with E-state index in [2.05, 4.69) is 13.2 Å². The van der Waals surface area contributed by atoms with Crippen LogP contribution in [0.1, 0.15) is 38.7 Å². The summed E-state index contributed by atoms with van der Waals surface area (Å²) in [7, 11) is 0. The van der Waals surface area contributed by atoms with Crippen LogP contribution in [0.25, 0.3) is 0 Å². The van der Waals surface area contributed by atoms with Crippen molar-refractivity contribution in [2.75, 3.05) is 31.2 Å². The largest absolute Gasteiger partial charge is 0.494 e. The third-order valence-electron chi connectivity index (χ3n) is 9.25. The number of aliphatic hydroxyl groups is 1. The van der Waals surface area contributed by atoms with E-state index in [4.69, 9.17) is 4.74 Å². The van der Waals surface area contributed by atoms with Crippen LogP contribution >= 0.6 is 11.8 Å². The number of hydrogen-bond donors (Lipinski definition) is 1. The van der Waals surface area contributed by atoms with Gasteiger partial charge < -0.3 is 24.5 Å². The van der Waals surface area contributed by atoms with Gasteiger partial charge in [0.1, 0.15) is 11.8 Å². The van der Waals surface area contributed by atoms with E-state index in [1.165, 1.54) is 0 Å². The minimum atomic E-state index is -0.785. The van der Waals surface area contributed by atoms with Gasteiger partial charge in [-0.25, -0.2) is 0 Å². The number of amides is 3. The van der Waals surface area contributed by atoms with Gasteiger partial charge in [-0.15, -0.1) is 24.9 Å². The molecule has 2 bridgehead atoms. The first-order valence-corrected chi connectivity index (χ1v) is 16.4. The lowest BCUT2D eigenvalue weighted by molar-refractivity contribution is -0.146. The van der Waals surface area contributed by atoms with Gasteiger partial charge in [0.25, 0.3) is 0 Å². The monoisotopic (exact) mass is 617 g/mol. The first-order chi connectivity index (χ1) is 21.3. The molecule has 1 N–H and O–H groups in total. The number of rotatable bonds is 14. The van der Waals surface area contributed by atoms with Crippen molar-refractivity contribution in [3.05, 3.63) is 85.5 Å².